The van der Waals surface area contributed by atoms with E-state index < -0.39 is 0 Å². The summed E-state index contributed by atoms with van der Waals surface area (Å²) in [6.07, 6.45) is 2.71. The zero-order chi connectivity index (χ0) is 14.3. The van der Waals surface area contributed by atoms with Crippen LogP contribution in [0.25, 0.3) is 5.57 Å². The van der Waals surface area contributed by atoms with Gasteiger partial charge in [-0.2, -0.15) is 0 Å². The van der Waals surface area contributed by atoms with Gasteiger partial charge in [-0.15, -0.1) is 0 Å². The van der Waals surface area contributed by atoms with E-state index >= 15 is 0 Å². The minimum atomic E-state index is -0.210. The molecule has 0 spiro atoms. The number of ether oxygens (including phenoxy) is 2. The first kappa shape index (κ1) is 15.3. The number of hydrogen-bond donors (Lipinski definition) is 0. The zero-order valence-corrected chi connectivity index (χ0v) is 12.1. The van der Waals surface area contributed by atoms with Crippen LogP contribution >= 0.6 is 0 Å². The van der Waals surface area contributed by atoms with E-state index in [0.29, 0.717) is 6.61 Å². The molecular weight excluding hydrogens is 240 g/mol. The third kappa shape index (κ3) is 3.85. The second-order valence-electron chi connectivity index (χ2n) is 4.19. The molecule has 104 valence electrons. The Kier molecular flexibility index (Phi) is 6.13. The highest BCUT2D eigenvalue weighted by molar-refractivity contribution is 5.88. The summed E-state index contributed by atoms with van der Waals surface area (Å²) >= 11 is 0. The SMILES string of the molecule is CC=C(c1ccc(OC)cc1)C(CC)C(=O)OCC. The fraction of sp³-hybridized carbons (Fsp3) is 0.438. The Balaban J connectivity index is 3.00. The normalized spacial score (nSPS) is 12.9. The summed E-state index contributed by atoms with van der Waals surface area (Å²) in [5.41, 5.74) is 2.03. The van der Waals surface area contributed by atoms with E-state index in [-0.39, 0.29) is 11.9 Å². The van der Waals surface area contributed by atoms with Crippen molar-refractivity contribution in [2.75, 3.05) is 13.7 Å². The molecule has 0 aliphatic heterocycles. The van der Waals surface area contributed by atoms with Gasteiger partial charge in [0, 0.05) is 0 Å². The van der Waals surface area contributed by atoms with Crippen LogP contribution in [-0.4, -0.2) is 19.7 Å². The van der Waals surface area contributed by atoms with Gasteiger partial charge in [-0.25, -0.2) is 0 Å². The van der Waals surface area contributed by atoms with Gasteiger partial charge < -0.3 is 9.47 Å². The number of esters is 1. The fourth-order valence-corrected chi connectivity index (χ4v) is 2.11. The van der Waals surface area contributed by atoms with Crippen LogP contribution in [0.4, 0.5) is 0 Å². The molecule has 0 radical (unpaired) electrons. The Hall–Kier alpha value is -1.77. The maximum Gasteiger partial charge on any atom is 0.313 e. The van der Waals surface area contributed by atoms with E-state index in [1.165, 1.54) is 0 Å². The maximum absolute atomic E-state index is 12.0. The molecule has 0 N–H and O–H groups in total. The quantitative estimate of drug-likeness (QED) is 0.733. The second-order valence-corrected chi connectivity index (χ2v) is 4.19. The summed E-state index contributed by atoms with van der Waals surface area (Å²) in [4.78, 5) is 12.0. The van der Waals surface area contributed by atoms with Gasteiger partial charge in [0.2, 0.25) is 0 Å². The molecule has 3 heteroatoms. The third-order valence-corrected chi connectivity index (χ3v) is 3.09. The smallest absolute Gasteiger partial charge is 0.313 e. The summed E-state index contributed by atoms with van der Waals surface area (Å²) < 4.78 is 10.3. The molecule has 0 saturated carbocycles. The number of hydrogen-bond acceptors (Lipinski definition) is 3. The van der Waals surface area contributed by atoms with Crippen molar-refractivity contribution in [1.82, 2.24) is 0 Å². The van der Waals surface area contributed by atoms with Crippen LogP contribution in [0.5, 0.6) is 5.75 Å². The second kappa shape index (κ2) is 7.62. The molecule has 0 aliphatic carbocycles. The molecule has 0 aromatic heterocycles. The molecule has 3 nitrogen and oxygen atoms in total. The Morgan fingerprint density at radius 2 is 1.89 bits per heavy atom. The van der Waals surface area contributed by atoms with Crippen molar-refractivity contribution in [3.63, 3.8) is 0 Å². The van der Waals surface area contributed by atoms with Crippen LogP contribution < -0.4 is 4.74 Å². The van der Waals surface area contributed by atoms with E-state index in [2.05, 4.69) is 0 Å². The Morgan fingerprint density at radius 3 is 2.32 bits per heavy atom. The van der Waals surface area contributed by atoms with Gasteiger partial charge in [0.15, 0.2) is 0 Å². The molecule has 1 aromatic carbocycles. The number of carbonyl (C=O) groups excluding carboxylic acids is 1. The Labute approximate surface area is 115 Å². The molecule has 0 heterocycles. The van der Waals surface area contributed by atoms with Gasteiger partial charge in [-0.1, -0.05) is 25.1 Å². The number of methoxy groups -OCH3 is 1. The van der Waals surface area contributed by atoms with Crippen molar-refractivity contribution >= 4 is 11.5 Å². The highest BCUT2D eigenvalue weighted by Crippen LogP contribution is 2.28. The van der Waals surface area contributed by atoms with Crippen molar-refractivity contribution in [2.45, 2.75) is 27.2 Å². The van der Waals surface area contributed by atoms with Gasteiger partial charge >= 0.3 is 5.97 Å². The van der Waals surface area contributed by atoms with E-state index in [1.807, 2.05) is 51.1 Å². The lowest BCUT2D eigenvalue weighted by molar-refractivity contribution is -0.145. The topological polar surface area (TPSA) is 35.5 Å². The summed E-state index contributed by atoms with van der Waals surface area (Å²) in [6, 6.07) is 7.74. The fourth-order valence-electron chi connectivity index (χ4n) is 2.11. The molecule has 0 aliphatic rings. The van der Waals surface area contributed by atoms with Gasteiger partial charge in [0.25, 0.3) is 0 Å². The average Bonchev–Trinajstić information content (AvgIpc) is 2.45. The number of allylic oxidation sites excluding steroid dienone is 1. The maximum atomic E-state index is 12.0. The standard InChI is InChI=1S/C16H22O3/c1-5-14(15(6-2)16(17)19-7-3)12-8-10-13(18-4)11-9-12/h5,8-11,15H,6-7H2,1-4H3. The lowest BCUT2D eigenvalue weighted by Gasteiger charge is -2.18. The first-order valence-corrected chi connectivity index (χ1v) is 6.65. The molecule has 0 bridgehead atoms. The molecule has 19 heavy (non-hydrogen) atoms. The molecule has 1 unspecified atom stereocenters. The van der Waals surface area contributed by atoms with Crippen molar-refractivity contribution in [3.8, 4) is 5.75 Å². The monoisotopic (exact) mass is 262 g/mol. The minimum Gasteiger partial charge on any atom is -0.497 e. The highest BCUT2D eigenvalue weighted by atomic mass is 16.5. The van der Waals surface area contributed by atoms with E-state index in [4.69, 9.17) is 9.47 Å². The summed E-state index contributed by atoms with van der Waals surface area (Å²) in [7, 11) is 1.64. The van der Waals surface area contributed by atoms with Crippen LogP contribution in [0, 0.1) is 5.92 Å². The van der Waals surface area contributed by atoms with Gasteiger partial charge in [0.1, 0.15) is 5.75 Å². The lowest BCUT2D eigenvalue weighted by atomic mass is 9.90. The predicted molar refractivity (Wildman–Crippen MR) is 77.1 cm³/mol. The largest absolute Gasteiger partial charge is 0.497 e. The Bertz CT molecular complexity index is 432. The van der Waals surface area contributed by atoms with Gasteiger partial charge in [0.05, 0.1) is 19.6 Å². The predicted octanol–water partition coefficient (Wildman–Crippen LogP) is 3.69. The minimum absolute atomic E-state index is 0.158. The number of rotatable bonds is 6. The lowest BCUT2D eigenvalue weighted by Crippen LogP contribution is -2.18. The molecule has 1 rings (SSSR count). The highest BCUT2D eigenvalue weighted by Gasteiger charge is 2.22. The molecule has 0 amide bonds. The van der Waals surface area contributed by atoms with E-state index in [9.17, 15) is 4.79 Å². The van der Waals surface area contributed by atoms with Gasteiger partial charge in [-0.3, -0.25) is 4.79 Å². The van der Waals surface area contributed by atoms with Gasteiger partial charge in [-0.05, 0) is 43.5 Å². The molecule has 1 atom stereocenters. The van der Waals surface area contributed by atoms with Crippen LogP contribution in [0.1, 0.15) is 32.8 Å². The van der Waals surface area contributed by atoms with Crippen LogP contribution in [0.3, 0.4) is 0 Å². The average molecular weight is 262 g/mol. The van der Waals surface area contributed by atoms with Crippen LogP contribution in [0.15, 0.2) is 30.3 Å². The Morgan fingerprint density at radius 1 is 1.26 bits per heavy atom. The van der Waals surface area contributed by atoms with Crippen molar-refractivity contribution in [2.24, 2.45) is 5.92 Å². The molecule has 0 saturated heterocycles. The number of benzene rings is 1. The third-order valence-electron chi connectivity index (χ3n) is 3.09. The van der Waals surface area contributed by atoms with Crippen molar-refractivity contribution in [3.05, 3.63) is 35.9 Å². The molecule has 1 aromatic rings. The van der Waals surface area contributed by atoms with E-state index in [0.717, 1.165) is 23.3 Å². The van der Waals surface area contributed by atoms with E-state index in [1.54, 1.807) is 7.11 Å². The van der Waals surface area contributed by atoms with Crippen molar-refractivity contribution in [1.29, 1.82) is 0 Å². The van der Waals surface area contributed by atoms with Crippen molar-refractivity contribution < 1.29 is 14.3 Å². The first-order valence-electron chi connectivity index (χ1n) is 6.65. The summed E-state index contributed by atoms with van der Waals surface area (Å²) in [5, 5.41) is 0. The zero-order valence-electron chi connectivity index (χ0n) is 12.1. The number of carbonyl (C=O) groups is 1. The van der Waals surface area contributed by atoms with Crippen LogP contribution in [-0.2, 0) is 9.53 Å². The summed E-state index contributed by atoms with van der Waals surface area (Å²) in [5.74, 6) is 0.440. The first-order chi connectivity index (χ1) is 9.17. The van der Waals surface area contributed by atoms with Crippen LogP contribution in [0.2, 0.25) is 0 Å². The molecule has 0 fully saturated rings. The molecular formula is C16H22O3. The summed E-state index contributed by atoms with van der Waals surface area (Å²) in [6.45, 7) is 6.18.